The van der Waals surface area contributed by atoms with E-state index in [-0.39, 0.29) is 0 Å². The van der Waals surface area contributed by atoms with E-state index in [1.807, 2.05) is 30.3 Å². The maximum absolute atomic E-state index is 5.82. The lowest BCUT2D eigenvalue weighted by Crippen LogP contribution is -2.17. The molecule has 0 bridgehead atoms. The topological polar surface area (TPSA) is 51.4 Å². The minimum atomic E-state index is 0.596. The largest absolute Gasteiger partial charge is 0.494 e. The first kappa shape index (κ1) is 17.6. The summed E-state index contributed by atoms with van der Waals surface area (Å²) in [4.78, 5) is 2.42. The molecule has 0 amide bonds. The van der Waals surface area contributed by atoms with Gasteiger partial charge < -0.3 is 14.1 Å². The number of aryl methyl sites for hydroxylation is 1. The summed E-state index contributed by atoms with van der Waals surface area (Å²) in [6.45, 7) is 3.00. The van der Waals surface area contributed by atoms with Crippen molar-refractivity contribution in [3.05, 3.63) is 60.5 Å². The van der Waals surface area contributed by atoms with Crippen molar-refractivity contribution in [2.75, 3.05) is 24.6 Å². The molecule has 2 heterocycles. The van der Waals surface area contributed by atoms with Crippen molar-refractivity contribution in [3.8, 4) is 17.2 Å². The number of benzene rings is 2. The molecule has 0 saturated carbocycles. The number of unbranched alkanes of at least 4 members (excludes halogenated alkanes) is 1. The predicted octanol–water partition coefficient (Wildman–Crippen LogP) is 4.74. The van der Waals surface area contributed by atoms with Crippen LogP contribution in [0.2, 0.25) is 0 Å². The van der Waals surface area contributed by atoms with E-state index >= 15 is 0 Å². The zero-order chi connectivity index (χ0) is 18.3. The van der Waals surface area contributed by atoms with Crippen LogP contribution in [0, 0.1) is 0 Å². The quantitative estimate of drug-likeness (QED) is 0.541. The molecule has 140 valence electrons. The van der Waals surface area contributed by atoms with Gasteiger partial charge in [-0.15, -0.1) is 10.2 Å². The Hall–Kier alpha value is -2.82. The van der Waals surface area contributed by atoms with Gasteiger partial charge in [0.05, 0.1) is 6.61 Å². The fraction of sp³-hybridized carbons (Fsp3) is 0.364. The van der Waals surface area contributed by atoms with E-state index in [1.54, 1.807) is 0 Å². The fourth-order valence-electron chi connectivity index (χ4n) is 3.35. The number of aromatic nitrogens is 2. The average Bonchev–Trinajstić information content (AvgIpc) is 3.41. The van der Waals surface area contributed by atoms with Gasteiger partial charge in [0.2, 0.25) is 11.8 Å². The van der Waals surface area contributed by atoms with Crippen molar-refractivity contribution in [2.45, 2.75) is 32.1 Å². The molecule has 0 radical (unpaired) electrons. The Morgan fingerprint density at radius 3 is 2.44 bits per heavy atom. The lowest BCUT2D eigenvalue weighted by molar-refractivity contribution is 0.304. The summed E-state index contributed by atoms with van der Waals surface area (Å²) < 4.78 is 11.5. The van der Waals surface area contributed by atoms with Gasteiger partial charge in [0.15, 0.2) is 0 Å². The second-order valence-corrected chi connectivity index (χ2v) is 6.86. The molecule has 3 aromatic rings. The van der Waals surface area contributed by atoms with Crippen LogP contribution < -0.4 is 9.64 Å². The summed E-state index contributed by atoms with van der Waals surface area (Å²) in [6, 6.07) is 18.3. The summed E-state index contributed by atoms with van der Waals surface area (Å²) in [7, 11) is 0. The van der Waals surface area contributed by atoms with Crippen LogP contribution in [-0.4, -0.2) is 29.9 Å². The second-order valence-electron chi connectivity index (χ2n) is 6.86. The number of para-hydroxylation sites is 1. The molecule has 27 heavy (non-hydrogen) atoms. The first-order valence-electron chi connectivity index (χ1n) is 9.74. The summed E-state index contributed by atoms with van der Waals surface area (Å²) in [5.74, 6) is 2.20. The number of hydrogen-bond donors (Lipinski definition) is 0. The Morgan fingerprint density at radius 2 is 1.67 bits per heavy atom. The highest BCUT2D eigenvalue weighted by atomic mass is 16.5. The van der Waals surface area contributed by atoms with Crippen LogP contribution in [0.1, 0.15) is 31.6 Å². The summed E-state index contributed by atoms with van der Waals surface area (Å²) in [5, 5.41) is 8.38. The minimum absolute atomic E-state index is 0.596. The van der Waals surface area contributed by atoms with E-state index in [9.17, 15) is 0 Å². The summed E-state index contributed by atoms with van der Waals surface area (Å²) >= 11 is 0. The molecule has 1 aromatic heterocycles. The highest BCUT2D eigenvalue weighted by Crippen LogP contribution is 2.25. The maximum atomic E-state index is 5.82. The maximum Gasteiger partial charge on any atom is 0.247 e. The van der Waals surface area contributed by atoms with Crippen molar-refractivity contribution >= 4 is 5.69 Å². The molecule has 0 spiro atoms. The van der Waals surface area contributed by atoms with Gasteiger partial charge in [-0.3, -0.25) is 0 Å². The number of rotatable bonds is 8. The predicted molar refractivity (Wildman–Crippen MR) is 106 cm³/mol. The minimum Gasteiger partial charge on any atom is -0.494 e. The van der Waals surface area contributed by atoms with Crippen molar-refractivity contribution in [2.24, 2.45) is 0 Å². The molecule has 4 rings (SSSR count). The zero-order valence-electron chi connectivity index (χ0n) is 15.5. The van der Waals surface area contributed by atoms with E-state index in [0.717, 1.165) is 43.7 Å². The molecule has 1 aliphatic heterocycles. The van der Waals surface area contributed by atoms with E-state index in [2.05, 4.69) is 39.4 Å². The SMILES string of the molecule is c1ccc(OCCCCc2nnc(-c3ccc(N4CCCC4)cc3)o2)cc1. The lowest BCUT2D eigenvalue weighted by Gasteiger charge is -2.17. The molecule has 5 nitrogen and oxygen atoms in total. The average molecular weight is 363 g/mol. The van der Waals surface area contributed by atoms with Crippen molar-refractivity contribution in [3.63, 3.8) is 0 Å². The van der Waals surface area contributed by atoms with Gasteiger partial charge in [0.25, 0.3) is 0 Å². The third-order valence-corrected chi connectivity index (χ3v) is 4.85. The van der Waals surface area contributed by atoms with Gasteiger partial charge in [-0.1, -0.05) is 18.2 Å². The molecule has 1 fully saturated rings. The Bertz CT molecular complexity index is 824. The molecular formula is C22H25N3O2. The van der Waals surface area contributed by atoms with Crippen LogP contribution >= 0.6 is 0 Å². The van der Waals surface area contributed by atoms with E-state index in [1.165, 1.54) is 18.5 Å². The number of ether oxygens (including phenoxy) is 1. The van der Waals surface area contributed by atoms with Crippen LogP contribution in [0.4, 0.5) is 5.69 Å². The molecule has 5 heteroatoms. The van der Waals surface area contributed by atoms with Gasteiger partial charge in [-0.05, 0) is 62.1 Å². The third-order valence-electron chi connectivity index (χ3n) is 4.85. The number of nitrogens with zero attached hydrogens (tertiary/aromatic N) is 3. The smallest absolute Gasteiger partial charge is 0.247 e. The number of hydrogen-bond acceptors (Lipinski definition) is 5. The van der Waals surface area contributed by atoms with Crippen LogP contribution in [0.5, 0.6) is 5.75 Å². The Labute approximate surface area is 160 Å². The van der Waals surface area contributed by atoms with Gasteiger partial charge >= 0.3 is 0 Å². The molecule has 1 saturated heterocycles. The molecular weight excluding hydrogens is 338 g/mol. The third kappa shape index (κ3) is 4.67. The lowest BCUT2D eigenvalue weighted by atomic mass is 10.2. The summed E-state index contributed by atoms with van der Waals surface area (Å²) in [6.07, 6.45) is 5.26. The molecule has 0 aliphatic carbocycles. The monoisotopic (exact) mass is 363 g/mol. The molecule has 0 unspecified atom stereocenters. The molecule has 0 N–H and O–H groups in total. The van der Waals surface area contributed by atoms with Gasteiger partial charge in [-0.25, -0.2) is 0 Å². The van der Waals surface area contributed by atoms with Crippen molar-refractivity contribution in [1.82, 2.24) is 10.2 Å². The Balaban J connectivity index is 1.24. The van der Waals surface area contributed by atoms with E-state index < -0.39 is 0 Å². The molecule has 0 atom stereocenters. The van der Waals surface area contributed by atoms with E-state index in [0.29, 0.717) is 18.4 Å². The van der Waals surface area contributed by atoms with Gasteiger partial charge in [-0.2, -0.15) is 0 Å². The van der Waals surface area contributed by atoms with Gasteiger partial charge in [0.1, 0.15) is 5.75 Å². The molecule has 2 aromatic carbocycles. The van der Waals surface area contributed by atoms with Crippen LogP contribution in [0.15, 0.2) is 59.0 Å². The Kier molecular flexibility index (Phi) is 5.67. The standard InChI is InChI=1S/C22H25N3O2/c1-2-8-20(9-3-1)26-17-7-4-10-21-23-24-22(27-21)18-11-13-19(14-12-18)25-15-5-6-16-25/h1-3,8-9,11-14H,4-7,10,15-17H2. The zero-order valence-corrected chi connectivity index (χ0v) is 15.5. The Morgan fingerprint density at radius 1 is 0.889 bits per heavy atom. The first-order chi connectivity index (χ1) is 13.4. The highest BCUT2D eigenvalue weighted by molar-refractivity contribution is 5.59. The second kappa shape index (κ2) is 8.71. The van der Waals surface area contributed by atoms with Crippen LogP contribution in [-0.2, 0) is 6.42 Å². The normalized spacial score (nSPS) is 13.9. The summed E-state index contributed by atoms with van der Waals surface area (Å²) in [5.41, 5.74) is 2.25. The van der Waals surface area contributed by atoms with Crippen molar-refractivity contribution < 1.29 is 9.15 Å². The van der Waals surface area contributed by atoms with Crippen LogP contribution in [0.25, 0.3) is 11.5 Å². The van der Waals surface area contributed by atoms with Crippen molar-refractivity contribution in [1.29, 1.82) is 0 Å². The first-order valence-corrected chi connectivity index (χ1v) is 9.74. The highest BCUT2D eigenvalue weighted by Gasteiger charge is 2.13. The number of anilines is 1. The van der Waals surface area contributed by atoms with Crippen LogP contribution in [0.3, 0.4) is 0 Å². The fourth-order valence-corrected chi connectivity index (χ4v) is 3.35. The van der Waals surface area contributed by atoms with E-state index in [4.69, 9.17) is 9.15 Å². The molecule has 1 aliphatic rings. The van der Waals surface area contributed by atoms with Gasteiger partial charge in [0, 0.05) is 30.8 Å².